The number of amides is 2. The topological polar surface area (TPSA) is 119 Å². The Kier molecular flexibility index (Phi) is 12.9. The Morgan fingerprint density at radius 1 is 0.689 bits per heavy atom. The van der Waals surface area contributed by atoms with E-state index in [1.165, 1.54) is 0 Å². The number of benzene rings is 4. The first-order chi connectivity index (χ1) is 29.8. The molecule has 11 heteroatoms. The first kappa shape index (κ1) is 41.8. The van der Waals surface area contributed by atoms with Gasteiger partial charge in [-0.3, -0.25) is 24.2 Å². The van der Waals surface area contributed by atoms with Crippen LogP contribution in [0.15, 0.2) is 114 Å². The smallest absolute Gasteiger partial charge is 0.247 e. The third-order valence-electron chi connectivity index (χ3n) is 12.7. The average Bonchev–Trinajstić information content (AvgIpc) is 4.14. The first-order valence-electron chi connectivity index (χ1n) is 22.1. The van der Waals surface area contributed by atoms with E-state index in [1.807, 2.05) is 107 Å². The van der Waals surface area contributed by atoms with Gasteiger partial charge in [-0.2, -0.15) is 0 Å². The maximum atomic E-state index is 14.2. The maximum absolute atomic E-state index is 14.2. The van der Waals surface area contributed by atoms with Gasteiger partial charge < -0.3 is 19.2 Å². The van der Waals surface area contributed by atoms with E-state index in [1.54, 1.807) is 0 Å². The number of Topliss-reactive ketones (excluding diaryl/α,β-unsaturated/α-hetero) is 1. The van der Waals surface area contributed by atoms with Crippen molar-refractivity contribution in [2.45, 2.75) is 84.0 Å². The van der Waals surface area contributed by atoms with Crippen LogP contribution in [0.5, 0.6) is 0 Å². The van der Waals surface area contributed by atoms with Crippen LogP contribution in [0.25, 0.3) is 33.6 Å². The highest BCUT2D eigenvalue weighted by molar-refractivity contribution is 5.94. The van der Waals surface area contributed by atoms with Gasteiger partial charge >= 0.3 is 0 Å². The van der Waals surface area contributed by atoms with Crippen molar-refractivity contribution in [2.24, 2.45) is 0 Å². The third kappa shape index (κ3) is 8.67. The van der Waals surface area contributed by atoms with Crippen molar-refractivity contribution in [2.75, 3.05) is 39.3 Å². The number of nitrogens with one attached hydrogen (secondary N) is 1. The monoisotopic (exact) mass is 819 g/mol. The summed E-state index contributed by atoms with van der Waals surface area (Å²) in [6.07, 6.45) is 3.42. The number of fused-ring (bicyclic) bond motifs is 1. The lowest BCUT2D eigenvalue weighted by molar-refractivity contribution is -0.142. The number of likely N-dealkylation sites (tertiary alicyclic amines) is 2. The standard InChI is InChI=1S/C50H57N7O4/c1-5-54(6-2)45(36-17-11-9-12-18-36)49(59)56-29-15-21-42(56)44(58)32-34-23-28-40-39(31-34)33-41(51-40)35-24-26-38(27-25-35)47-52-53-48(61-47)43-22-16-30-57(43)50(60)46(55(7-3)8-4)37-19-13-10-14-20-37/h9-14,17-20,23-28,31,33,42-43,45-46,51H,5-8,15-16,21-22,29-30,32H2,1-4H3/t42-,43-,45+,46+/m0/s1. The van der Waals surface area contributed by atoms with Gasteiger partial charge in [0.2, 0.25) is 23.6 Å². The number of ketones is 1. The third-order valence-corrected chi connectivity index (χ3v) is 12.7. The number of carbonyl (C=O) groups excluding carboxylic acids is 3. The van der Waals surface area contributed by atoms with E-state index in [2.05, 4.69) is 64.8 Å². The fraction of sp³-hybridized carbons (Fsp3) is 0.380. The Morgan fingerprint density at radius 2 is 1.26 bits per heavy atom. The molecule has 0 unspecified atom stereocenters. The summed E-state index contributed by atoms with van der Waals surface area (Å²) in [5.74, 6) is 1.04. The molecule has 2 aliphatic heterocycles. The van der Waals surface area contributed by atoms with Crippen molar-refractivity contribution in [3.8, 4) is 22.7 Å². The minimum atomic E-state index is -0.427. The van der Waals surface area contributed by atoms with Gasteiger partial charge in [-0.1, -0.05) is 107 Å². The highest BCUT2D eigenvalue weighted by Gasteiger charge is 2.40. The van der Waals surface area contributed by atoms with Crippen molar-refractivity contribution in [3.05, 3.63) is 132 Å². The van der Waals surface area contributed by atoms with Crippen LogP contribution >= 0.6 is 0 Å². The highest BCUT2D eigenvalue weighted by atomic mass is 16.4. The SMILES string of the molecule is CCN(CC)[C@@H](C(=O)N1CCC[C@H]1C(=O)Cc1ccc2[nH]c(-c3ccc(-c4nnc([C@@H]5CCCN5C(=O)[C@@H](c5ccccc5)N(CC)CC)o4)cc3)cc2c1)c1ccccc1. The number of hydrogen-bond donors (Lipinski definition) is 1. The molecule has 6 aromatic rings. The second-order valence-electron chi connectivity index (χ2n) is 16.2. The average molecular weight is 820 g/mol. The van der Waals surface area contributed by atoms with E-state index in [-0.39, 0.29) is 36.1 Å². The van der Waals surface area contributed by atoms with Crippen molar-refractivity contribution in [1.29, 1.82) is 0 Å². The fourth-order valence-electron chi connectivity index (χ4n) is 9.48. The zero-order valence-electron chi connectivity index (χ0n) is 35.8. The van der Waals surface area contributed by atoms with E-state index >= 15 is 0 Å². The quantitative estimate of drug-likeness (QED) is 0.103. The predicted octanol–water partition coefficient (Wildman–Crippen LogP) is 8.82. The minimum absolute atomic E-state index is 0.0117. The molecule has 2 aromatic heterocycles. The number of rotatable bonds is 16. The molecule has 0 aliphatic carbocycles. The number of aromatic amines is 1. The predicted molar refractivity (Wildman–Crippen MR) is 238 cm³/mol. The molecule has 0 spiro atoms. The van der Waals surface area contributed by atoms with Crippen LogP contribution < -0.4 is 0 Å². The second kappa shape index (κ2) is 18.8. The Hall–Kier alpha value is -5.91. The molecular formula is C50H57N7O4. The fourth-order valence-corrected chi connectivity index (χ4v) is 9.48. The molecule has 0 bridgehead atoms. The molecule has 4 heterocycles. The molecule has 4 atom stereocenters. The molecule has 2 aliphatic rings. The number of likely N-dealkylation sites (N-methyl/N-ethyl adjacent to an activating group) is 2. The van der Waals surface area contributed by atoms with Crippen LogP contribution in [0.1, 0.15) is 94.1 Å². The first-order valence-corrected chi connectivity index (χ1v) is 22.1. The van der Waals surface area contributed by atoms with Gasteiger partial charge in [-0.25, -0.2) is 0 Å². The lowest BCUT2D eigenvalue weighted by Crippen LogP contribution is -2.47. The Balaban J connectivity index is 0.939. The van der Waals surface area contributed by atoms with Crippen LogP contribution in [0.4, 0.5) is 0 Å². The van der Waals surface area contributed by atoms with Crippen molar-refractivity contribution < 1.29 is 18.8 Å². The molecule has 61 heavy (non-hydrogen) atoms. The number of H-pyrrole nitrogens is 1. The van der Waals surface area contributed by atoms with Gasteiger partial charge in [0.25, 0.3) is 0 Å². The van der Waals surface area contributed by atoms with Gasteiger partial charge in [0, 0.05) is 41.7 Å². The molecular weight excluding hydrogens is 763 g/mol. The van der Waals surface area contributed by atoms with E-state index in [0.29, 0.717) is 31.3 Å². The van der Waals surface area contributed by atoms with Crippen LogP contribution in [-0.2, 0) is 20.8 Å². The Bertz CT molecular complexity index is 2420. The summed E-state index contributed by atoms with van der Waals surface area (Å²) in [6.45, 7) is 12.6. The van der Waals surface area contributed by atoms with E-state index < -0.39 is 12.1 Å². The second-order valence-corrected chi connectivity index (χ2v) is 16.2. The number of aromatic nitrogens is 3. The number of carbonyl (C=O) groups is 3. The summed E-state index contributed by atoms with van der Waals surface area (Å²) in [7, 11) is 0. The highest BCUT2D eigenvalue weighted by Crippen LogP contribution is 2.37. The van der Waals surface area contributed by atoms with E-state index in [9.17, 15) is 14.4 Å². The lowest BCUT2D eigenvalue weighted by atomic mass is 9.99. The minimum Gasteiger partial charge on any atom is -0.418 e. The molecule has 0 saturated carbocycles. The lowest BCUT2D eigenvalue weighted by Gasteiger charge is -2.34. The zero-order valence-corrected chi connectivity index (χ0v) is 35.8. The van der Waals surface area contributed by atoms with Crippen molar-refractivity contribution in [3.63, 3.8) is 0 Å². The molecule has 2 saturated heterocycles. The Morgan fingerprint density at radius 3 is 1.89 bits per heavy atom. The summed E-state index contributed by atoms with van der Waals surface area (Å²) in [4.78, 5) is 54.0. The molecule has 1 N–H and O–H groups in total. The molecule has 0 radical (unpaired) electrons. The van der Waals surface area contributed by atoms with Crippen molar-refractivity contribution in [1.82, 2.24) is 34.8 Å². The summed E-state index contributed by atoms with van der Waals surface area (Å²) < 4.78 is 6.29. The van der Waals surface area contributed by atoms with Gasteiger partial charge in [0.05, 0.1) is 6.04 Å². The van der Waals surface area contributed by atoms with Gasteiger partial charge in [0.1, 0.15) is 18.1 Å². The molecule has 316 valence electrons. The van der Waals surface area contributed by atoms with Crippen LogP contribution in [0, 0.1) is 0 Å². The van der Waals surface area contributed by atoms with Gasteiger partial charge in [0.15, 0.2) is 5.78 Å². The van der Waals surface area contributed by atoms with Crippen molar-refractivity contribution >= 4 is 28.5 Å². The largest absolute Gasteiger partial charge is 0.418 e. The molecule has 4 aromatic carbocycles. The summed E-state index contributed by atoms with van der Waals surface area (Å²) in [6, 6.07) is 34.7. The maximum Gasteiger partial charge on any atom is 0.247 e. The normalized spacial score (nSPS) is 17.7. The molecule has 2 amide bonds. The van der Waals surface area contributed by atoms with Crippen LogP contribution in [0.2, 0.25) is 0 Å². The zero-order chi connectivity index (χ0) is 42.5. The summed E-state index contributed by atoms with van der Waals surface area (Å²) in [5.41, 5.74) is 6.60. The van der Waals surface area contributed by atoms with Gasteiger partial charge in [-0.05, 0) is 104 Å². The summed E-state index contributed by atoms with van der Waals surface area (Å²) >= 11 is 0. The Labute approximate surface area is 358 Å². The van der Waals surface area contributed by atoms with E-state index in [4.69, 9.17) is 4.42 Å². The molecule has 8 rings (SSSR count). The molecule has 2 fully saturated rings. The van der Waals surface area contributed by atoms with E-state index in [0.717, 1.165) is 89.9 Å². The molecule has 11 nitrogen and oxygen atoms in total. The van der Waals surface area contributed by atoms with Crippen LogP contribution in [-0.4, -0.2) is 97.7 Å². The number of nitrogens with zero attached hydrogens (tertiary/aromatic N) is 6. The summed E-state index contributed by atoms with van der Waals surface area (Å²) in [5, 5.41) is 9.90. The van der Waals surface area contributed by atoms with Gasteiger partial charge in [-0.15, -0.1) is 10.2 Å². The number of hydrogen-bond acceptors (Lipinski definition) is 8. The van der Waals surface area contributed by atoms with Crippen LogP contribution in [0.3, 0.4) is 0 Å².